The molecule has 1 N–H and O–H groups in total. The number of pyridine rings is 1. The molecular formula is C12H12F2N2O. The zero-order chi connectivity index (χ0) is 12.4. The monoisotopic (exact) mass is 238 g/mol. The number of nitrogens with one attached hydrogen (secondary N) is 1. The molecule has 0 aliphatic carbocycles. The molecule has 2 aromatic rings. The molecule has 0 aliphatic heterocycles. The van der Waals surface area contributed by atoms with Crippen LogP contribution < -0.4 is 5.32 Å². The van der Waals surface area contributed by atoms with E-state index in [1.807, 2.05) is 19.9 Å². The first-order chi connectivity index (χ1) is 8.06. The van der Waals surface area contributed by atoms with Crippen molar-refractivity contribution in [3.63, 3.8) is 0 Å². The van der Waals surface area contributed by atoms with Crippen LogP contribution in [0.5, 0.6) is 0 Å². The minimum Gasteiger partial charge on any atom is -0.464 e. The normalized spacial score (nSPS) is 12.5. The Morgan fingerprint density at radius 2 is 2.12 bits per heavy atom. The lowest BCUT2D eigenvalue weighted by Gasteiger charge is -2.12. The predicted octanol–water partition coefficient (Wildman–Crippen LogP) is 3.43. The molecule has 2 rings (SSSR count). The number of rotatable bonds is 3. The van der Waals surface area contributed by atoms with Gasteiger partial charge in [0.25, 0.3) is 0 Å². The quantitative estimate of drug-likeness (QED) is 0.890. The fraction of sp³-hybridized carbons (Fsp3) is 0.250. The maximum atomic E-state index is 13.3. The number of aryl methyl sites for hydroxylation is 1. The summed E-state index contributed by atoms with van der Waals surface area (Å²) in [4.78, 5) is 3.65. The minimum absolute atomic E-state index is 0.00736. The number of anilines is 1. The molecule has 0 aliphatic rings. The van der Waals surface area contributed by atoms with Crippen LogP contribution in [0.25, 0.3) is 0 Å². The molecule has 0 saturated carbocycles. The van der Waals surface area contributed by atoms with Gasteiger partial charge in [-0.05, 0) is 26.0 Å². The molecule has 90 valence electrons. The lowest BCUT2D eigenvalue weighted by Crippen LogP contribution is -2.08. The van der Waals surface area contributed by atoms with Gasteiger partial charge in [0.1, 0.15) is 17.3 Å². The Morgan fingerprint density at radius 3 is 2.71 bits per heavy atom. The van der Waals surface area contributed by atoms with Crippen molar-refractivity contribution in [1.82, 2.24) is 4.98 Å². The number of halogens is 2. The summed E-state index contributed by atoms with van der Waals surface area (Å²) in [6.07, 6.45) is 0.964. The first-order valence-corrected chi connectivity index (χ1v) is 5.20. The standard InChI is InChI=1S/C12H12F2N2O/c1-7-3-4-11(17-7)8(2)16-12-10(14)5-9(13)6-15-12/h3-6,8H,1-2H3,(H,15,16). The van der Waals surface area contributed by atoms with E-state index >= 15 is 0 Å². The van der Waals surface area contributed by atoms with Gasteiger partial charge in [0.15, 0.2) is 11.6 Å². The van der Waals surface area contributed by atoms with Gasteiger partial charge in [0, 0.05) is 6.07 Å². The highest BCUT2D eigenvalue weighted by atomic mass is 19.1. The van der Waals surface area contributed by atoms with E-state index in [2.05, 4.69) is 10.3 Å². The molecule has 2 aromatic heterocycles. The highest BCUT2D eigenvalue weighted by molar-refractivity contribution is 5.38. The van der Waals surface area contributed by atoms with Crippen LogP contribution in [-0.4, -0.2) is 4.98 Å². The fourth-order valence-corrected chi connectivity index (χ4v) is 1.48. The van der Waals surface area contributed by atoms with E-state index in [1.165, 1.54) is 0 Å². The molecule has 0 aromatic carbocycles. The SMILES string of the molecule is Cc1ccc(C(C)Nc2ncc(F)cc2F)o1. The Morgan fingerprint density at radius 1 is 1.35 bits per heavy atom. The molecule has 0 radical (unpaired) electrons. The predicted molar refractivity (Wildman–Crippen MR) is 59.6 cm³/mol. The van der Waals surface area contributed by atoms with Crippen LogP contribution in [0.2, 0.25) is 0 Å². The van der Waals surface area contributed by atoms with Gasteiger partial charge in [-0.1, -0.05) is 0 Å². The Hall–Kier alpha value is -1.91. The summed E-state index contributed by atoms with van der Waals surface area (Å²) in [5, 5.41) is 2.82. The molecule has 1 atom stereocenters. The highest BCUT2D eigenvalue weighted by Crippen LogP contribution is 2.21. The van der Waals surface area contributed by atoms with E-state index in [0.29, 0.717) is 5.76 Å². The number of hydrogen-bond donors (Lipinski definition) is 1. The van der Waals surface area contributed by atoms with Gasteiger partial charge in [0.05, 0.1) is 12.2 Å². The highest BCUT2D eigenvalue weighted by Gasteiger charge is 2.13. The molecule has 0 amide bonds. The van der Waals surface area contributed by atoms with Crippen LogP contribution in [0.15, 0.2) is 28.8 Å². The molecule has 1 unspecified atom stereocenters. The van der Waals surface area contributed by atoms with Crippen LogP contribution >= 0.6 is 0 Å². The van der Waals surface area contributed by atoms with Crippen molar-refractivity contribution in [2.24, 2.45) is 0 Å². The molecule has 0 fully saturated rings. The molecule has 0 spiro atoms. The second-order valence-corrected chi connectivity index (χ2v) is 3.80. The second kappa shape index (κ2) is 4.53. The van der Waals surface area contributed by atoms with Gasteiger partial charge in [0.2, 0.25) is 0 Å². The van der Waals surface area contributed by atoms with Crippen molar-refractivity contribution in [2.45, 2.75) is 19.9 Å². The number of aromatic nitrogens is 1. The van der Waals surface area contributed by atoms with Crippen molar-refractivity contribution in [2.75, 3.05) is 5.32 Å². The molecule has 0 saturated heterocycles. The number of hydrogen-bond acceptors (Lipinski definition) is 3. The smallest absolute Gasteiger partial charge is 0.168 e. The van der Waals surface area contributed by atoms with Crippen molar-refractivity contribution in [1.29, 1.82) is 0 Å². The van der Waals surface area contributed by atoms with E-state index in [4.69, 9.17) is 4.42 Å². The number of furan rings is 1. The summed E-state index contributed by atoms with van der Waals surface area (Å²) < 4.78 is 31.4. The van der Waals surface area contributed by atoms with Gasteiger partial charge in [-0.25, -0.2) is 13.8 Å². The lowest BCUT2D eigenvalue weighted by atomic mass is 10.2. The van der Waals surface area contributed by atoms with Gasteiger partial charge < -0.3 is 9.73 Å². The Balaban J connectivity index is 2.15. The van der Waals surface area contributed by atoms with Crippen molar-refractivity contribution in [3.8, 4) is 0 Å². The maximum absolute atomic E-state index is 13.3. The van der Waals surface area contributed by atoms with E-state index in [0.717, 1.165) is 18.0 Å². The van der Waals surface area contributed by atoms with E-state index in [1.54, 1.807) is 6.07 Å². The summed E-state index contributed by atoms with van der Waals surface area (Å²) in [6, 6.07) is 4.17. The molecule has 0 bridgehead atoms. The third-order valence-electron chi connectivity index (χ3n) is 2.35. The van der Waals surface area contributed by atoms with Gasteiger partial charge in [-0.3, -0.25) is 0 Å². The molecule has 17 heavy (non-hydrogen) atoms. The largest absolute Gasteiger partial charge is 0.464 e. The molecular weight excluding hydrogens is 226 g/mol. The number of nitrogens with zero attached hydrogens (tertiary/aromatic N) is 1. The van der Waals surface area contributed by atoms with Gasteiger partial charge in [-0.15, -0.1) is 0 Å². The molecule has 3 nitrogen and oxygen atoms in total. The maximum Gasteiger partial charge on any atom is 0.168 e. The van der Waals surface area contributed by atoms with E-state index in [9.17, 15) is 8.78 Å². The topological polar surface area (TPSA) is 38.1 Å². The summed E-state index contributed by atoms with van der Waals surface area (Å²) >= 11 is 0. The first-order valence-electron chi connectivity index (χ1n) is 5.20. The Bertz CT molecular complexity index is 525. The summed E-state index contributed by atoms with van der Waals surface area (Å²) in [6.45, 7) is 3.63. The van der Waals surface area contributed by atoms with Crippen LogP contribution in [0.1, 0.15) is 24.5 Å². The van der Waals surface area contributed by atoms with Gasteiger partial charge >= 0.3 is 0 Å². The van der Waals surface area contributed by atoms with Crippen LogP contribution in [0, 0.1) is 18.6 Å². The molecule has 5 heteroatoms. The zero-order valence-electron chi connectivity index (χ0n) is 9.50. The first kappa shape index (κ1) is 11.6. The van der Waals surface area contributed by atoms with Crippen LogP contribution in [0.3, 0.4) is 0 Å². The van der Waals surface area contributed by atoms with E-state index < -0.39 is 11.6 Å². The van der Waals surface area contributed by atoms with Crippen LogP contribution in [-0.2, 0) is 0 Å². The summed E-state index contributed by atoms with van der Waals surface area (Å²) in [5.41, 5.74) is 0. The third-order valence-corrected chi connectivity index (χ3v) is 2.35. The Labute approximate surface area is 97.5 Å². The average Bonchev–Trinajstić information content (AvgIpc) is 2.69. The second-order valence-electron chi connectivity index (χ2n) is 3.80. The van der Waals surface area contributed by atoms with Crippen molar-refractivity contribution >= 4 is 5.82 Å². The lowest BCUT2D eigenvalue weighted by molar-refractivity contribution is 0.465. The summed E-state index contributed by atoms with van der Waals surface area (Å²) in [7, 11) is 0. The van der Waals surface area contributed by atoms with Crippen LogP contribution in [0.4, 0.5) is 14.6 Å². The molecule has 2 heterocycles. The average molecular weight is 238 g/mol. The van der Waals surface area contributed by atoms with Gasteiger partial charge in [-0.2, -0.15) is 0 Å². The zero-order valence-corrected chi connectivity index (χ0v) is 9.50. The van der Waals surface area contributed by atoms with E-state index in [-0.39, 0.29) is 11.9 Å². The summed E-state index contributed by atoms with van der Waals surface area (Å²) in [5.74, 6) is 0.0387. The fourth-order valence-electron chi connectivity index (χ4n) is 1.48. The van der Waals surface area contributed by atoms with Crippen molar-refractivity contribution in [3.05, 3.63) is 47.6 Å². The Kier molecular flexibility index (Phi) is 3.08. The minimum atomic E-state index is -0.722. The van der Waals surface area contributed by atoms with Crippen molar-refractivity contribution < 1.29 is 13.2 Å². The third kappa shape index (κ3) is 2.61.